The first-order valence-electron chi connectivity index (χ1n) is 14.2. The Labute approximate surface area is 207 Å². The molecule has 32 heavy (non-hydrogen) atoms. The molecule has 0 aromatic rings. The molecule has 0 spiro atoms. The van der Waals surface area contributed by atoms with Gasteiger partial charge >= 0.3 is 0 Å². The fourth-order valence-corrected chi connectivity index (χ4v) is 26.0. The van der Waals surface area contributed by atoms with Crippen molar-refractivity contribution in [2.24, 2.45) is 0 Å². The van der Waals surface area contributed by atoms with E-state index in [2.05, 4.69) is 110 Å². The quantitative estimate of drug-likeness (QED) is 0.191. The lowest BCUT2D eigenvalue weighted by molar-refractivity contribution is 0.282. The van der Waals surface area contributed by atoms with Gasteiger partial charge in [0, 0.05) is 0 Å². The van der Waals surface area contributed by atoms with Crippen LogP contribution in [-0.4, -0.2) is 62.4 Å². The third-order valence-electron chi connectivity index (χ3n) is 7.67. The van der Waals surface area contributed by atoms with Crippen molar-refractivity contribution in [3.05, 3.63) is 0 Å². The molecule has 0 fully saturated rings. The maximum absolute atomic E-state index is 3.32. The molecule has 5 heteroatoms. The Bertz CT molecular complexity index is 423. The molecule has 0 amide bonds. The van der Waals surface area contributed by atoms with Crippen LogP contribution in [0.4, 0.5) is 0 Å². The first-order chi connectivity index (χ1) is 14.9. The lowest BCUT2D eigenvalue weighted by atomic mass is 10.4. The van der Waals surface area contributed by atoms with Gasteiger partial charge in [-0.3, -0.25) is 0 Å². The summed E-state index contributed by atoms with van der Waals surface area (Å²) in [6.45, 7) is 40.2. The molecular weight excluding hydrogens is 422 g/mol. The van der Waals surface area contributed by atoms with Crippen molar-refractivity contribution in [1.29, 1.82) is 0 Å². The second-order valence-corrected chi connectivity index (χ2v) is 22.0. The number of hydrogen-bond acceptors (Lipinski definition) is 3. The van der Waals surface area contributed by atoms with E-state index >= 15 is 0 Å². The molecule has 0 N–H and O–H groups in total. The predicted octanol–water partition coefficient (Wildman–Crippen LogP) is 8.47. The molecule has 0 aliphatic carbocycles. The molecule has 0 radical (unpaired) electrons. The highest BCUT2D eigenvalue weighted by molar-refractivity contribution is 6.92. The molecule has 0 saturated heterocycles. The van der Waals surface area contributed by atoms with Gasteiger partial charge in [-0.25, -0.2) is 0 Å². The topological polar surface area (TPSA) is 9.72 Å². The van der Waals surface area contributed by atoms with Crippen LogP contribution in [0.1, 0.15) is 123 Å². The van der Waals surface area contributed by atoms with Gasteiger partial charge in [0.2, 0.25) is 16.8 Å². The lowest BCUT2D eigenvalue weighted by Crippen LogP contribution is -2.83. The Morgan fingerprint density at radius 2 is 0.656 bits per heavy atom. The summed E-state index contributed by atoms with van der Waals surface area (Å²) in [5, 5.41) is 0. The van der Waals surface area contributed by atoms with Crippen LogP contribution in [0.5, 0.6) is 0 Å². The van der Waals surface area contributed by atoms with E-state index in [4.69, 9.17) is 0 Å². The van der Waals surface area contributed by atoms with Gasteiger partial charge in [-0.2, -0.15) is 0 Å². The van der Waals surface area contributed by atoms with Crippen LogP contribution in [-0.2, 0) is 0 Å². The summed E-state index contributed by atoms with van der Waals surface area (Å²) in [5.41, 5.74) is 2.82. The Kier molecular flexibility index (Phi) is 14.8. The summed E-state index contributed by atoms with van der Waals surface area (Å²) >= 11 is 0. The molecule has 0 saturated carbocycles. The third kappa shape index (κ3) is 6.30. The predicted molar refractivity (Wildman–Crippen MR) is 153 cm³/mol. The van der Waals surface area contributed by atoms with Crippen LogP contribution in [0.3, 0.4) is 0 Å². The lowest BCUT2D eigenvalue weighted by Gasteiger charge is -2.66. The van der Waals surface area contributed by atoms with Gasteiger partial charge in [0.15, 0.2) is 0 Å². The van der Waals surface area contributed by atoms with E-state index in [1.165, 1.54) is 51.9 Å². The summed E-state index contributed by atoms with van der Waals surface area (Å²) in [6.07, 6.45) is 5.02. The van der Waals surface area contributed by atoms with E-state index in [0.717, 1.165) is 0 Å². The van der Waals surface area contributed by atoms with E-state index in [1.807, 2.05) is 0 Å². The number of hydrogen-bond donors (Lipinski definition) is 0. The molecule has 0 atom stereocenters. The Balaban J connectivity index is 7.52. The summed E-state index contributed by atoms with van der Waals surface area (Å²) in [7, 11) is -4.02. The van der Waals surface area contributed by atoms with Gasteiger partial charge in [-0.1, -0.05) is 96.9 Å². The first-order valence-corrected chi connectivity index (χ1v) is 18.3. The minimum atomic E-state index is -2.01. The van der Waals surface area contributed by atoms with Gasteiger partial charge in [0.25, 0.3) is 0 Å². The maximum atomic E-state index is 3.32. The summed E-state index contributed by atoms with van der Waals surface area (Å²) in [6, 6.07) is 0.579. The average molecular weight is 486 g/mol. The Morgan fingerprint density at radius 1 is 0.438 bits per heavy atom. The zero-order chi connectivity index (χ0) is 25.3. The van der Waals surface area contributed by atoms with Crippen molar-refractivity contribution in [3.8, 4) is 0 Å². The fourth-order valence-electron chi connectivity index (χ4n) is 7.35. The molecule has 3 nitrogen and oxygen atoms in total. The Hall–Kier alpha value is 0.314. The first kappa shape index (κ1) is 32.3. The molecule has 0 bridgehead atoms. The van der Waals surface area contributed by atoms with E-state index in [-0.39, 0.29) is 0 Å². The van der Waals surface area contributed by atoms with Crippen molar-refractivity contribution >= 4 is 16.8 Å². The molecule has 0 aliphatic rings. The largest absolute Gasteiger partial charge is 0.318 e. The second-order valence-electron chi connectivity index (χ2n) is 11.6. The van der Waals surface area contributed by atoms with Crippen LogP contribution in [0.25, 0.3) is 0 Å². The van der Waals surface area contributed by atoms with Gasteiger partial charge in [-0.05, 0) is 80.1 Å². The monoisotopic (exact) mass is 485 g/mol. The van der Waals surface area contributed by atoms with Gasteiger partial charge in [0.1, 0.15) is 0 Å². The zero-order valence-corrected chi connectivity index (χ0v) is 26.9. The molecule has 0 aliphatic heterocycles. The third-order valence-corrected chi connectivity index (χ3v) is 22.1. The summed E-state index contributed by atoms with van der Waals surface area (Å²) < 4.78 is 9.44. The number of nitrogens with zero attached hydrogens (tertiary/aromatic N) is 3. The fraction of sp³-hybridized carbons (Fsp3) is 1.00. The molecule has 0 unspecified atom stereocenters. The Morgan fingerprint density at radius 3 is 0.781 bits per heavy atom. The smallest absolute Gasteiger partial charge is 0.206 e. The van der Waals surface area contributed by atoms with Gasteiger partial charge in [-0.15, -0.1) is 0 Å². The standard InChI is InChI=1S/C27H63N3Si2/c1-15-19-28(20-16-2)31(24(7)8,25(9)10)30(23(5)6)32(26(11)12,27(13)14)29(21-17-3)22-18-4/h23-27H,15-22H2,1-14H3. The van der Waals surface area contributed by atoms with Crippen LogP contribution >= 0.6 is 0 Å². The zero-order valence-electron chi connectivity index (χ0n) is 24.9. The normalized spacial score (nSPS) is 14.1. The van der Waals surface area contributed by atoms with Gasteiger partial charge < -0.3 is 13.4 Å². The van der Waals surface area contributed by atoms with Crippen LogP contribution in [0.2, 0.25) is 22.2 Å². The van der Waals surface area contributed by atoms with Crippen LogP contribution < -0.4 is 0 Å². The van der Waals surface area contributed by atoms with E-state index in [9.17, 15) is 0 Å². The minimum Gasteiger partial charge on any atom is -0.318 e. The SMILES string of the molecule is CCCN(CCC)[Si](C(C)C)(C(C)C)N(C(C)C)[Si](C(C)C)(C(C)C)N(CCC)CCC. The molecule has 194 valence electrons. The average Bonchev–Trinajstić information content (AvgIpc) is 2.67. The van der Waals surface area contributed by atoms with E-state index < -0.39 is 16.8 Å². The van der Waals surface area contributed by atoms with Crippen molar-refractivity contribution < 1.29 is 0 Å². The molecule has 0 aromatic heterocycles. The summed E-state index contributed by atoms with van der Waals surface area (Å²) in [4.78, 5) is 0. The molecular formula is C27H63N3Si2. The molecule has 0 aromatic carbocycles. The highest BCUT2D eigenvalue weighted by atomic mass is 28.4. The number of rotatable bonds is 17. The maximum Gasteiger partial charge on any atom is 0.206 e. The molecule has 0 heterocycles. The second kappa shape index (κ2) is 14.7. The van der Waals surface area contributed by atoms with Gasteiger partial charge in [0.05, 0.1) is 0 Å². The minimum absolute atomic E-state index is 0.579. The van der Waals surface area contributed by atoms with Crippen molar-refractivity contribution in [2.75, 3.05) is 26.2 Å². The van der Waals surface area contributed by atoms with Crippen molar-refractivity contribution in [1.82, 2.24) is 13.4 Å². The van der Waals surface area contributed by atoms with E-state index in [0.29, 0.717) is 28.2 Å². The van der Waals surface area contributed by atoms with Crippen LogP contribution in [0, 0.1) is 0 Å². The highest BCUT2D eigenvalue weighted by Gasteiger charge is 2.62. The van der Waals surface area contributed by atoms with Crippen LogP contribution in [0.15, 0.2) is 0 Å². The van der Waals surface area contributed by atoms with Crippen molar-refractivity contribution in [2.45, 2.75) is 151 Å². The highest BCUT2D eigenvalue weighted by Crippen LogP contribution is 2.49. The molecule has 0 rings (SSSR count). The van der Waals surface area contributed by atoms with E-state index in [1.54, 1.807) is 0 Å². The summed E-state index contributed by atoms with van der Waals surface area (Å²) in [5.74, 6) is 0. The van der Waals surface area contributed by atoms with Crippen molar-refractivity contribution in [3.63, 3.8) is 0 Å².